The van der Waals surface area contributed by atoms with E-state index >= 15 is 0 Å². The fourth-order valence-electron chi connectivity index (χ4n) is 4.61. The number of allylic oxidation sites excluding steroid dienone is 1. The minimum Gasteiger partial charge on any atom is -0.494 e. The van der Waals surface area contributed by atoms with Crippen LogP contribution < -0.4 is 29.4 Å². The second-order valence-corrected chi connectivity index (χ2v) is 9.74. The molecule has 42 heavy (non-hydrogen) atoms. The molecule has 4 aromatic carbocycles. The molecule has 9 heteroatoms. The van der Waals surface area contributed by atoms with Crippen LogP contribution in [0.3, 0.4) is 0 Å². The third kappa shape index (κ3) is 6.12. The number of halogens is 1. The molecule has 0 saturated carbocycles. The molecule has 0 spiro atoms. The first-order valence-electron chi connectivity index (χ1n) is 13.1. The van der Waals surface area contributed by atoms with Crippen molar-refractivity contribution in [2.45, 2.75) is 19.4 Å². The molecule has 0 radical (unpaired) electrons. The second kappa shape index (κ2) is 12.6. The molecule has 0 saturated heterocycles. The number of nitriles is 1. The number of methoxy groups -OCH3 is 1. The van der Waals surface area contributed by atoms with Crippen LogP contribution in [0.4, 0.5) is 0 Å². The zero-order chi connectivity index (χ0) is 29.6. The van der Waals surface area contributed by atoms with Crippen molar-refractivity contribution in [3.05, 3.63) is 124 Å². The Balaban J connectivity index is 1.41. The first kappa shape index (κ1) is 28.4. The van der Waals surface area contributed by atoms with Gasteiger partial charge in [0.1, 0.15) is 35.5 Å². The Labute approximate surface area is 248 Å². The summed E-state index contributed by atoms with van der Waals surface area (Å²) in [5.74, 6) is 1.09. The van der Waals surface area contributed by atoms with E-state index in [-0.39, 0.29) is 17.2 Å². The van der Waals surface area contributed by atoms with Crippen molar-refractivity contribution in [2.24, 2.45) is 5.73 Å². The molecular weight excluding hydrogens is 556 g/mol. The summed E-state index contributed by atoms with van der Waals surface area (Å²) >= 11 is 5.98. The highest BCUT2D eigenvalue weighted by molar-refractivity contribution is 6.30. The van der Waals surface area contributed by atoms with Gasteiger partial charge in [-0.1, -0.05) is 41.9 Å². The molecule has 0 amide bonds. The predicted molar refractivity (Wildman–Crippen MR) is 157 cm³/mol. The minimum absolute atomic E-state index is 0.0371. The van der Waals surface area contributed by atoms with Gasteiger partial charge in [-0.3, -0.25) is 0 Å². The normalized spacial score (nSPS) is 13.8. The van der Waals surface area contributed by atoms with Crippen LogP contribution in [0.2, 0.25) is 5.02 Å². The van der Waals surface area contributed by atoms with Gasteiger partial charge in [0, 0.05) is 16.7 Å². The molecular formula is C33H27ClN2O6. The summed E-state index contributed by atoms with van der Waals surface area (Å²) in [4.78, 5) is 12.8. The Kier molecular flexibility index (Phi) is 8.51. The number of carbonyl (C=O) groups is 1. The Morgan fingerprint density at radius 1 is 0.976 bits per heavy atom. The first-order chi connectivity index (χ1) is 20.4. The second-order valence-electron chi connectivity index (χ2n) is 9.30. The van der Waals surface area contributed by atoms with Gasteiger partial charge in [0.05, 0.1) is 25.2 Å². The zero-order valence-electron chi connectivity index (χ0n) is 22.9. The summed E-state index contributed by atoms with van der Waals surface area (Å²) in [6.45, 7) is 2.66. The Hall–Kier alpha value is -5.13. The van der Waals surface area contributed by atoms with Crippen LogP contribution in [-0.4, -0.2) is 19.7 Å². The van der Waals surface area contributed by atoms with Gasteiger partial charge < -0.3 is 29.4 Å². The quantitative estimate of drug-likeness (QED) is 0.170. The van der Waals surface area contributed by atoms with Crippen LogP contribution in [0, 0.1) is 11.3 Å². The first-order valence-corrected chi connectivity index (χ1v) is 13.5. The van der Waals surface area contributed by atoms with Crippen molar-refractivity contribution in [3.63, 3.8) is 0 Å². The molecule has 2 N–H and O–H groups in total. The highest BCUT2D eigenvalue weighted by Gasteiger charge is 2.32. The van der Waals surface area contributed by atoms with Crippen molar-refractivity contribution >= 4 is 17.6 Å². The van der Waals surface area contributed by atoms with Crippen LogP contribution in [0.15, 0.2) is 96.4 Å². The van der Waals surface area contributed by atoms with E-state index in [4.69, 9.17) is 41.0 Å². The number of hydrogen-bond acceptors (Lipinski definition) is 8. The smallest absolute Gasteiger partial charge is 0.343 e. The van der Waals surface area contributed by atoms with E-state index in [9.17, 15) is 10.1 Å². The van der Waals surface area contributed by atoms with Crippen LogP contribution >= 0.6 is 11.6 Å². The lowest BCUT2D eigenvalue weighted by molar-refractivity contribution is 0.0734. The molecule has 212 valence electrons. The number of rotatable bonds is 9. The third-order valence-electron chi connectivity index (χ3n) is 6.61. The molecule has 4 aromatic rings. The molecule has 0 bridgehead atoms. The van der Waals surface area contributed by atoms with Crippen molar-refractivity contribution in [3.8, 4) is 34.8 Å². The SMILES string of the molecule is CCOc1cccc(C(=O)Oc2ccc3c(c2)OC(N)=C(C#N)C3c2ccc(OCc3ccc(Cl)cc3)c(OC)c2)c1. The van der Waals surface area contributed by atoms with E-state index in [0.717, 1.165) is 11.1 Å². The van der Waals surface area contributed by atoms with Crippen molar-refractivity contribution in [1.82, 2.24) is 0 Å². The molecule has 5 rings (SSSR count). The van der Waals surface area contributed by atoms with Crippen molar-refractivity contribution < 1.29 is 28.5 Å². The molecule has 1 aliphatic heterocycles. The summed E-state index contributed by atoms with van der Waals surface area (Å²) in [5.41, 5.74) is 9.15. The molecule has 1 unspecified atom stereocenters. The van der Waals surface area contributed by atoms with Crippen molar-refractivity contribution in [1.29, 1.82) is 5.26 Å². The lowest BCUT2D eigenvalue weighted by Crippen LogP contribution is -2.21. The largest absolute Gasteiger partial charge is 0.494 e. The van der Waals surface area contributed by atoms with E-state index in [1.807, 2.05) is 25.1 Å². The van der Waals surface area contributed by atoms with Gasteiger partial charge in [-0.2, -0.15) is 5.26 Å². The Morgan fingerprint density at radius 3 is 2.52 bits per heavy atom. The number of hydrogen-bond donors (Lipinski definition) is 1. The molecule has 0 fully saturated rings. The van der Waals surface area contributed by atoms with Gasteiger partial charge in [0.25, 0.3) is 0 Å². The summed E-state index contributed by atoms with van der Waals surface area (Å²) in [6, 6.07) is 26.7. The third-order valence-corrected chi connectivity index (χ3v) is 6.86. The summed E-state index contributed by atoms with van der Waals surface area (Å²) in [5, 5.41) is 10.6. The fourth-order valence-corrected chi connectivity index (χ4v) is 4.74. The van der Waals surface area contributed by atoms with Crippen LogP contribution in [0.25, 0.3) is 0 Å². The van der Waals surface area contributed by atoms with E-state index in [2.05, 4.69) is 6.07 Å². The predicted octanol–water partition coefficient (Wildman–Crippen LogP) is 6.76. The van der Waals surface area contributed by atoms with Crippen LogP contribution in [-0.2, 0) is 6.61 Å². The standard InChI is InChI=1S/C33H27ClN2O6/c1-3-39-24-6-4-5-22(15-24)33(37)41-25-12-13-26-29(17-25)42-32(36)27(18-35)31(26)21-9-14-28(30(16-21)38-2)40-19-20-7-10-23(34)11-8-20/h4-17,31H,3,19,36H2,1-2H3. The lowest BCUT2D eigenvalue weighted by Gasteiger charge is -2.27. The molecule has 0 aliphatic carbocycles. The molecule has 8 nitrogen and oxygen atoms in total. The van der Waals surface area contributed by atoms with Crippen LogP contribution in [0.5, 0.6) is 28.7 Å². The van der Waals surface area contributed by atoms with Gasteiger partial charge in [0.2, 0.25) is 5.88 Å². The lowest BCUT2D eigenvalue weighted by atomic mass is 9.83. The Morgan fingerprint density at radius 2 is 1.79 bits per heavy atom. The minimum atomic E-state index is -0.552. The maximum Gasteiger partial charge on any atom is 0.343 e. The average molecular weight is 583 g/mol. The van der Waals surface area contributed by atoms with Gasteiger partial charge in [-0.25, -0.2) is 4.79 Å². The summed E-state index contributed by atoms with van der Waals surface area (Å²) < 4.78 is 28.5. The molecule has 0 aromatic heterocycles. The van der Waals surface area contributed by atoms with Gasteiger partial charge >= 0.3 is 5.97 Å². The molecule has 1 atom stereocenters. The summed E-state index contributed by atoms with van der Waals surface area (Å²) in [6.07, 6.45) is 0. The molecule has 1 aliphatic rings. The number of esters is 1. The number of ether oxygens (including phenoxy) is 5. The average Bonchev–Trinajstić information content (AvgIpc) is 3.00. The fraction of sp³-hybridized carbons (Fsp3) is 0.152. The van der Waals surface area contributed by atoms with E-state index in [1.54, 1.807) is 73.8 Å². The number of nitrogens with zero attached hydrogens (tertiary/aromatic N) is 1. The van der Waals surface area contributed by atoms with E-state index in [1.165, 1.54) is 0 Å². The summed E-state index contributed by atoms with van der Waals surface area (Å²) in [7, 11) is 1.55. The zero-order valence-corrected chi connectivity index (χ0v) is 23.7. The number of fused-ring (bicyclic) bond motifs is 1. The maximum atomic E-state index is 12.8. The van der Waals surface area contributed by atoms with Crippen molar-refractivity contribution in [2.75, 3.05) is 13.7 Å². The van der Waals surface area contributed by atoms with E-state index in [0.29, 0.717) is 52.4 Å². The van der Waals surface area contributed by atoms with Gasteiger partial charge in [-0.15, -0.1) is 0 Å². The van der Waals surface area contributed by atoms with Gasteiger partial charge in [0.15, 0.2) is 11.5 Å². The van der Waals surface area contributed by atoms with Gasteiger partial charge in [-0.05, 0) is 66.6 Å². The maximum absolute atomic E-state index is 12.8. The highest BCUT2D eigenvalue weighted by atomic mass is 35.5. The Bertz CT molecular complexity index is 1690. The number of benzene rings is 4. The molecule has 1 heterocycles. The number of carbonyl (C=O) groups excluding carboxylic acids is 1. The number of nitrogens with two attached hydrogens (primary N) is 1. The van der Waals surface area contributed by atoms with Crippen LogP contribution in [0.1, 0.15) is 39.9 Å². The monoisotopic (exact) mass is 582 g/mol. The van der Waals surface area contributed by atoms with E-state index < -0.39 is 11.9 Å². The highest BCUT2D eigenvalue weighted by Crippen LogP contribution is 2.45. The topological polar surface area (TPSA) is 113 Å².